The van der Waals surface area contributed by atoms with Gasteiger partial charge in [0.25, 0.3) is 0 Å². The Bertz CT molecular complexity index is 1100. The van der Waals surface area contributed by atoms with Crippen molar-refractivity contribution in [3.05, 3.63) is 106 Å². The average Bonchev–Trinajstić information content (AvgIpc) is 2.74. The lowest BCUT2D eigenvalue weighted by Gasteiger charge is -2.28. The van der Waals surface area contributed by atoms with Crippen molar-refractivity contribution in [2.75, 3.05) is 14.1 Å². The van der Waals surface area contributed by atoms with Crippen molar-refractivity contribution in [2.45, 2.75) is 39.2 Å². The van der Waals surface area contributed by atoms with Crippen molar-refractivity contribution >= 4 is 11.4 Å². The molecule has 0 aliphatic rings. The van der Waals surface area contributed by atoms with E-state index in [4.69, 9.17) is 5.73 Å². The second kappa shape index (κ2) is 9.92. The molecule has 0 aliphatic heterocycles. The van der Waals surface area contributed by atoms with Gasteiger partial charge in [-0.05, 0) is 74.3 Å². The van der Waals surface area contributed by atoms with Gasteiger partial charge in [-0.2, -0.15) is 0 Å². The van der Waals surface area contributed by atoms with Crippen molar-refractivity contribution in [3.63, 3.8) is 0 Å². The highest BCUT2D eigenvalue weighted by molar-refractivity contribution is 6.08. The van der Waals surface area contributed by atoms with Gasteiger partial charge in [0, 0.05) is 47.4 Å². The van der Waals surface area contributed by atoms with Gasteiger partial charge in [-0.3, -0.25) is 4.98 Å². The monoisotopic (exact) mass is 426 g/mol. The molecule has 0 saturated heterocycles. The van der Waals surface area contributed by atoms with Crippen LogP contribution in [0.2, 0.25) is 0 Å². The van der Waals surface area contributed by atoms with E-state index in [1.807, 2.05) is 37.5 Å². The minimum Gasteiger partial charge on any atom is -0.399 e. The first-order valence-corrected chi connectivity index (χ1v) is 11.0. The summed E-state index contributed by atoms with van der Waals surface area (Å²) in [7, 11) is 4.14. The van der Waals surface area contributed by atoms with Gasteiger partial charge in [-0.1, -0.05) is 49.4 Å². The van der Waals surface area contributed by atoms with Gasteiger partial charge in [0.2, 0.25) is 0 Å². The van der Waals surface area contributed by atoms with Crippen molar-refractivity contribution in [1.29, 1.82) is 5.41 Å². The second-order valence-electron chi connectivity index (χ2n) is 8.97. The van der Waals surface area contributed by atoms with Crippen molar-refractivity contribution in [1.82, 2.24) is 9.88 Å². The Hall–Kier alpha value is -3.24. The number of nitrogens with two attached hydrogens (primary N) is 1. The minimum absolute atomic E-state index is 0.0878. The van der Waals surface area contributed by atoms with Crippen LogP contribution in [0.15, 0.2) is 67.5 Å². The fourth-order valence-corrected chi connectivity index (χ4v) is 4.49. The third-order valence-corrected chi connectivity index (χ3v) is 5.98. The molecule has 3 aromatic rings. The van der Waals surface area contributed by atoms with E-state index in [1.54, 1.807) is 0 Å². The number of hydrogen-bond donors (Lipinski definition) is 2. The first kappa shape index (κ1) is 23.4. The van der Waals surface area contributed by atoms with E-state index >= 15 is 0 Å². The third-order valence-electron chi connectivity index (χ3n) is 5.98. The van der Waals surface area contributed by atoms with Gasteiger partial charge >= 0.3 is 0 Å². The number of aromatic nitrogens is 1. The Morgan fingerprint density at radius 3 is 2.22 bits per heavy atom. The molecule has 0 saturated carbocycles. The normalized spacial score (nSPS) is 13.1. The van der Waals surface area contributed by atoms with E-state index in [-0.39, 0.29) is 11.8 Å². The molecule has 0 spiro atoms. The lowest BCUT2D eigenvalue weighted by molar-refractivity contribution is 0.402. The van der Waals surface area contributed by atoms with Crippen LogP contribution in [-0.4, -0.2) is 29.7 Å². The van der Waals surface area contributed by atoms with Crippen LogP contribution in [0.25, 0.3) is 5.70 Å². The maximum absolute atomic E-state index is 9.40. The zero-order valence-corrected chi connectivity index (χ0v) is 19.8. The Labute approximate surface area is 192 Å². The van der Waals surface area contributed by atoms with Gasteiger partial charge in [0.05, 0.1) is 0 Å². The van der Waals surface area contributed by atoms with Crippen LogP contribution in [0.3, 0.4) is 0 Å². The smallest absolute Gasteiger partial charge is 0.0476 e. The SMILES string of the molecule is C=C(N)c1cc(C)cc(C)c1C(=N)C(c1ccc(CN(C)C)cc1)C(C)c1ccncc1. The zero-order chi connectivity index (χ0) is 23.4. The van der Waals surface area contributed by atoms with Gasteiger partial charge in [0.15, 0.2) is 0 Å². The van der Waals surface area contributed by atoms with E-state index < -0.39 is 0 Å². The molecule has 3 rings (SSSR count). The average molecular weight is 427 g/mol. The first-order valence-electron chi connectivity index (χ1n) is 11.0. The van der Waals surface area contributed by atoms with Crippen molar-refractivity contribution in [3.8, 4) is 0 Å². The molecule has 3 N–H and O–H groups in total. The van der Waals surface area contributed by atoms with E-state index in [1.165, 1.54) is 5.56 Å². The predicted octanol–water partition coefficient (Wildman–Crippen LogP) is 5.64. The van der Waals surface area contributed by atoms with Gasteiger partial charge in [0.1, 0.15) is 0 Å². The van der Waals surface area contributed by atoms with E-state index in [0.717, 1.165) is 39.9 Å². The zero-order valence-electron chi connectivity index (χ0n) is 19.8. The highest BCUT2D eigenvalue weighted by Gasteiger charge is 2.29. The quantitative estimate of drug-likeness (QED) is 0.458. The number of nitrogens with zero attached hydrogens (tertiary/aromatic N) is 2. The number of pyridine rings is 1. The first-order chi connectivity index (χ1) is 15.2. The molecule has 0 amide bonds. The molecule has 2 aromatic carbocycles. The number of rotatable bonds is 8. The Morgan fingerprint density at radius 2 is 1.66 bits per heavy atom. The summed E-state index contributed by atoms with van der Waals surface area (Å²) < 4.78 is 0. The summed E-state index contributed by atoms with van der Waals surface area (Å²) in [6.45, 7) is 11.2. The van der Waals surface area contributed by atoms with Crippen LogP contribution in [0.4, 0.5) is 0 Å². The summed E-state index contributed by atoms with van der Waals surface area (Å²) in [5.74, 6) is -0.0462. The fraction of sp³-hybridized carbons (Fsp3) is 0.286. The number of nitrogens with one attached hydrogen (secondary N) is 1. The van der Waals surface area contributed by atoms with E-state index in [2.05, 4.69) is 74.7 Å². The molecule has 0 bridgehead atoms. The molecule has 166 valence electrons. The number of benzene rings is 2. The van der Waals surface area contributed by atoms with Crippen LogP contribution in [0, 0.1) is 19.3 Å². The van der Waals surface area contributed by atoms with Crippen LogP contribution in [0.1, 0.15) is 57.7 Å². The third kappa shape index (κ3) is 5.14. The molecule has 4 heteroatoms. The standard InChI is InChI=1S/C28H34N4/c1-18-15-19(2)26(25(16-18)21(4)29)28(30)27(20(3)23-11-13-31-14-12-23)24-9-7-22(8-10-24)17-32(5)6/h7-16,20,27,30H,4,17,29H2,1-3,5-6H3. The highest BCUT2D eigenvalue weighted by atomic mass is 15.0. The second-order valence-corrected chi connectivity index (χ2v) is 8.97. The van der Waals surface area contributed by atoms with Crippen LogP contribution < -0.4 is 5.73 Å². The molecule has 2 atom stereocenters. The lowest BCUT2D eigenvalue weighted by atomic mass is 9.76. The van der Waals surface area contributed by atoms with Crippen molar-refractivity contribution in [2.24, 2.45) is 5.73 Å². The molecule has 32 heavy (non-hydrogen) atoms. The molecule has 4 nitrogen and oxygen atoms in total. The summed E-state index contributed by atoms with van der Waals surface area (Å²) >= 11 is 0. The number of aryl methyl sites for hydroxylation is 2. The van der Waals surface area contributed by atoms with Crippen LogP contribution >= 0.6 is 0 Å². The topological polar surface area (TPSA) is 66.0 Å². The number of hydrogen-bond acceptors (Lipinski definition) is 4. The van der Waals surface area contributed by atoms with Gasteiger partial charge in [-0.25, -0.2) is 0 Å². The Balaban J connectivity index is 2.13. The molecule has 0 radical (unpaired) electrons. The van der Waals surface area contributed by atoms with E-state index in [0.29, 0.717) is 11.4 Å². The Morgan fingerprint density at radius 1 is 1.03 bits per heavy atom. The molecule has 0 fully saturated rings. The van der Waals surface area contributed by atoms with Crippen molar-refractivity contribution < 1.29 is 0 Å². The summed E-state index contributed by atoms with van der Waals surface area (Å²) in [6.07, 6.45) is 3.63. The molecule has 1 heterocycles. The van der Waals surface area contributed by atoms with E-state index in [9.17, 15) is 5.41 Å². The maximum Gasteiger partial charge on any atom is 0.0476 e. The fourth-order valence-electron chi connectivity index (χ4n) is 4.49. The van der Waals surface area contributed by atoms with Crippen LogP contribution in [-0.2, 0) is 6.54 Å². The van der Waals surface area contributed by atoms with Gasteiger partial charge in [-0.15, -0.1) is 0 Å². The Kier molecular flexibility index (Phi) is 7.26. The summed E-state index contributed by atoms with van der Waals surface area (Å²) in [5.41, 5.74) is 14.7. The maximum atomic E-state index is 9.40. The predicted molar refractivity (Wildman–Crippen MR) is 135 cm³/mol. The molecule has 1 aromatic heterocycles. The molecular formula is C28H34N4. The summed E-state index contributed by atoms with van der Waals surface area (Å²) in [4.78, 5) is 6.33. The van der Waals surface area contributed by atoms with Crippen LogP contribution in [0.5, 0.6) is 0 Å². The lowest BCUT2D eigenvalue weighted by Crippen LogP contribution is -2.22. The highest BCUT2D eigenvalue weighted by Crippen LogP contribution is 2.37. The minimum atomic E-state index is -0.134. The summed E-state index contributed by atoms with van der Waals surface area (Å²) in [6, 6.07) is 16.9. The van der Waals surface area contributed by atoms with Gasteiger partial charge < -0.3 is 16.0 Å². The molecular weight excluding hydrogens is 392 g/mol. The largest absolute Gasteiger partial charge is 0.399 e. The molecule has 2 unspecified atom stereocenters. The molecule has 0 aliphatic carbocycles. The summed E-state index contributed by atoms with van der Waals surface area (Å²) in [5, 5.41) is 9.40.